The summed E-state index contributed by atoms with van der Waals surface area (Å²) in [5, 5.41) is 2.51. The third-order valence-electron chi connectivity index (χ3n) is 4.70. The van der Waals surface area contributed by atoms with Crippen LogP contribution in [0.5, 0.6) is 0 Å². The second-order valence-corrected chi connectivity index (χ2v) is 6.78. The summed E-state index contributed by atoms with van der Waals surface area (Å²) in [6.07, 6.45) is 2.98. The molecule has 6 nitrogen and oxygen atoms in total. The number of carbonyl (C=O) groups excluding carboxylic acids is 3. The van der Waals surface area contributed by atoms with Gasteiger partial charge in [-0.2, -0.15) is 0 Å². The zero-order chi connectivity index (χ0) is 20.5. The summed E-state index contributed by atoms with van der Waals surface area (Å²) in [5.41, 5.74) is 3.24. The van der Waals surface area contributed by atoms with Crippen LogP contribution in [0.4, 0.5) is 0 Å². The Labute approximate surface area is 170 Å². The predicted molar refractivity (Wildman–Crippen MR) is 110 cm³/mol. The highest BCUT2D eigenvalue weighted by molar-refractivity contribution is 5.85. The molecule has 0 fully saturated rings. The van der Waals surface area contributed by atoms with Crippen molar-refractivity contribution in [2.24, 2.45) is 0 Å². The van der Waals surface area contributed by atoms with Crippen LogP contribution in [0.25, 0.3) is 5.57 Å². The van der Waals surface area contributed by atoms with E-state index < -0.39 is 5.97 Å². The summed E-state index contributed by atoms with van der Waals surface area (Å²) in [4.78, 5) is 37.6. The van der Waals surface area contributed by atoms with Crippen LogP contribution >= 0.6 is 0 Å². The first-order valence-electron chi connectivity index (χ1n) is 9.60. The first-order chi connectivity index (χ1) is 14.1. The van der Waals surface area contributed by atoms with Crippen molar-refractivity contribution in [1.82, 2.24) is 10.2 Å². The largest absolute Gasteiger partial charge is 0.454 e. The minimum atomic E-state index is -0.628. The molecule has 1 N–H and O–H groups in total. The number of hydrogen-bond acceptors (Lipinski definition) is 4. The molecule has 1 aliphatic heterocycles. The Kier molecular flexibility index (Phi) is 7.16. The zero-order valence-corrected chi connectivity index (χ0v) is 16.2. The summed E-state index contributed by atoms with van der Waals surface area (Å²) in [6, 6.07) is 19.3. The Balaban J connectivity index is 1.36. The molecular weight excluding hydrogens is 368 g/mol. The van der Waals surface area contributed by atoms with Crippen LogP contribution in [0.3, 0.4) is 0 Å². The number of ether oxygens (including phenoxy) is 1. The maximum Gasteiger partial charge on any atom is 0.325 e. The van der Waals surface area contributed by atoms with Gasteiger partial charge in [0.2, 0.25) is 5.91 Å². The third kappa shape index (κ3) is 6.31. The molecule has 0 spiro atoms. The Bertz CT molecular complexity index is 878. The fourth-order valence-electron chi connectivity index (χ4n) is 3.11. The van der Waals surface area contributed by atoms with E-state index in [4.69, 9.17) is 4.74 Å². The smallest absolute Gasteiger partial charge is 0.325 e. The number of carbonyl (C=O) groups is 3. The van der Waals surface area contributed by atoms with Gasteiger partial charge in [0.15, 0.2) is 6.61 Å². The molecule has 0 aliphatic carbocycles. The van der Waals surface area contributed by atoms with Crippen molar-refractivity contribution in [3.63, 3.8) is 0 Å². The predicted octanol–water partition coefficient (Wildman–Crippen LogP) is 2.20. The number of nitrogens with zero attached hydrogens (tertiary/aromatic N) is 1. The Morgan fingerprint density at radius 3 is 2.31 bits per heavy atom. The summed E-state index contributed by atoms with van der Waals surface area (Å²) in [6.45, 7) is 0.512. The number of rotatable bonds is 7. The number of amides is 2. The molecule has 29 heavy (non-hydrogen) atoms. The lowest BCUT2D eigenvalue weighted by atomic mass is 10.00. The number of nitrogens with one attached hydrogen (secondary N) is 1. The van der Waals surface area contributed by atoms with Gasteiger partial charge in [-0.3, -0.25) is 14.4 Å². The van der Waals surface area contributed by atoms with E-state index >= 15 is 0 Å². The fraction of sp³-hybridized carbons (Fsp3) is 0.261. The minimum Gasteiger partial charge on any atom is -0.454 e. The van der Waals surface area contributed by atoms with Gasteiger partial charge in [0, 0.05) is 13.1 Å². The lowest BCUT2D eigenvalue weighted by Crippen LogP contribution is -2.39. The van der Waals surface area contributed by atoms with Crippen LogP contribution in [0.15, 0.2) is 66.7 Å². The normalized spacial score (nSPS) is 13.4. The topological polar surface area (TPSA) is 75.7 Å². The molecule has 0 bridgehead atoms. The van der Waals surface area contributed by atoms with Gasteiger partial charge in [-0.25, -0.2) is 0 Å². The van der Waals surface area contributed by atoms with Crippen LogP contribution in [-0.2, 0) is 25.5 Å². The molecule has 0 atom stereocenters. The monoisotopic (exact) mass is 392 g/mol. The molecule has 1 aliphatic rings. The first kappa shape index (κ1) is 20.3. The van der Waals surface area contributed by atoms with Crippen LogP contribution in [0, 0.1) is 0 Å². The second-order valence-electron chi connectivity index (χ2n) is 6.78. The molecule has 0 radical (unpaired) electrons. The van der Waals surface area contributed by atoms with Crippen LogP contribution in [0.1, 0.15) is 17.5 Å². The Morgan fingerprint density at radius 1 is 0.966 bits per heavy atom. The number of hydrogen-bond donors (Lipinski definition) is 1. The van der Waals surface area contributed by atoms with Crippen LogP contribution < -0.4 is 5.32 Å². The fourth-order valence-corrected chi connectivity index (χ4v) is 3.11. The molecule has 0 saturated carbocycles. The number of benzene rings is 2. The highest BCUT2D eigenvalue weighted by atomic mass is 16.5. The van der Waals surface area contributed by atoms with Crippen molar-refractivity contribution < 1.29 is 19.1 Å². The van der Waals surface area contributed by atoms with E-state index in [0.29, 0.717) is 13.1 Å². The maximum absolute atomic E-state index is 12.3. The summed E-state index contributed by atoms with van der Waals surface area (Å²) in [7, 11) is 0. The quantitative estimate of drug-likeness (QED) is 0.733. The molecule has 0 unspecified atom stereocenters. The minimum absolute atomic E-state index is 0.191. The van der Waals surface area contributed by atoms with Gasteiger partial charge in [0.05, 0.1) is 6.42 Å². The van der Waals surface area contributed by atoms with Gasteiger partial charge in [-0.15, -0.1) is 0 Å². The highest BCUT2D eigenvalue weighted by Gasteiger charge is 2.19. The van der Waals surface area contributed by atoms with Gasteiger partial charge in [-0.1, -0.05) is 66.7 Å². The average Bonchev–Trinajstić information content (AvgIpc) is 2.77. The molecule has 3 rings (SSSR count). The Hall–Kier alpha value is -3.41. The molecule has 6 heteroatoms. The maximum atomic E-state index is 12.3. The average molecular weight is 392 g/mol. The summed E-state index contributed by atoms with van der Waals surface area (Å²) < 4.78 is 5.00. The van der Waals surface area contributed by atoms with E-state index in [9.17, 15) is 14.4 Å². The zero-order valence-electron chi connectivity index (χ0n) is 16.2. The summed E-state index contributed by atoms with van der Waals surface area (Å²) in [5.74, 6) is -1.14. The van der Waals surface area contributed by atoms with E-state index in [0.717, 1.165) is 17.5 Å². The van der Waals surface area contributed by atoms with E-state index in [1.807, 2.05) is 54.6 Å². The lowest BCUT2D eigenvalue weighted by Gasteiger charge is -2.26. The number of esters is 1. The van der Waals surface area contributed by atoms with Crippen LogP contribution in [-0.4, -0.2) is 48.9 Å². The molecule has 0 saturated heterocycles. The van der Waals surface area contributed by atoms with E-state index in [1.165, 1.54) is 5.57 Å². The molecular formula is C23H24N2O4. The van der Waals surface area contributed by atoms with Gasteiger partial charge in [0.1, 0.15) is 6.54 Å². The standard InChI is InChI=1S/C23H24N2O4/c26-21(15-18-7-3-1-4-8-18)24-16-23(28)29-17-22(27)25-13-11-20(12-14-25)19-9-5-2-6-10-19/h1-11H,12-17H2,(H,24,26). The van der Waals surface area contributed by atoms with Crippen molar-refractivity contribution >= 4 is 23.4 Å². The first-order valence-corrected chi connectivity index (χ1v) is 9.60. The van der Waals surface area contributed by atoms with E-state index in [-0.39, 0.29) is 31.4 Å². The second kappa shape index (κ2) is 10.2. The highest BCUT2D eigenvalue weighted by Crippen LogP contribution is 2.21. The Morgan fingerprint density at radius 2 is 1.66 bits per heavy atom. The van der Waals surface area contributed by atoms with Crippen LogP contribution in [0.2, 0.25) is 0 Å². The third-order valence-corrected chi connectivity index (χ3v) is 4.70. The molecule has 0 aromatic heterocycles. The molecule has 2 aromatic carbocycles. The van der Waals surface area contributed by atoms with Gasteiger partial charge in [0.25, 0.3) is 5.91 Å². The van der Waals surface area contributed by atoms with Crippen molar-refractivity contribution in [3.05, 3.63) is 77.9 Å². The molecule has 2 amide bonds. The van der Waals surface area contributed by atoms with Crippen molar-refractivity contribution in [3.8, 4) is 0 Å². The summed E-state index contributed by atoms with van der Waals surface area (Å²) >= 11 is 0. The van der Waals surface area contributed by atoms with Gasteiger partial charge >= 0.3 is 5.97 Å². The van der Waals surface area contributed by atoms with Crippen molar-refractivity contribution in [2.45, 2.75) is 12.8 Å². The molecule has 2 aromatic rings. The SMILES string of the molecule is O=C(Cc1ccccc1)NCC(=O)OCC(=O)N1CC=C(c2ccccc2)CC1. The van der Waals surface area contributed by atoms with Crippen molar-refractivity contribution in [1.29, 1.82) is 0 Å². The molecule has 150 valence electrons. The molecule has 1 heterocycles. The van der Waals surface area contributed by atoms with Crippen molar-refractivity contribution in [2.75, 3.05) is 26.2 Å². The van der Waals surface area contributed by atoms with E-state index in [2.05, 4.69) is 17.4 Å². The van der Waals surface area contributed by atoms with Gasteiger partial charge < -0.3 is 15.0 Å². The van der Waals surface area contributed by atoms with Gasteiger partial charge in [-0.05, 0) is 23.1 Å². The van der Waals surface area contributed by atoms with E-state index in [1.54, 1.807) is 4.90 Å². The lowest BCUT2D eigenvalue weighted by molar-refractivity contribution is -0.151.